The van der Waals surface area contributed by atoms with Crippen LogP contribution in [0.3, 0.4) is 0 Å². The Morgan fingerprint density at radius 1 is 1.28 bits per heavy atom. The summed E-state index contributed by atoms with van der Waals surface area (Å²) in [5.74, 6) is -1.15. The van der Waals surface area contributed by atoms with Crippen LogP contribution in [0.15, 0.2) is 47.7 Å². The molecule has 1 aliphatic carbocycles. The number of amides is 1. The van der Waals surface area contributed by atoms with Gasteiger partial charge in [-0.2, -0.15) is 10.4 Å². The molecule has 0 spiro atoms. The molecule has 0 radical (unpaired) electrons. The Hall–Kier alpha value is -3.60. The first-order valence-electron chi connectivity index (χ1n) is 10.5. The van der Waals surface area contributed by atoms with Crippen molar-refractivity contribution in [3.8, 4) is 11.9 Å². The second-order valence-electron chi connectivity index (χ2n) is 7.92. The molecular weight excluding hydrogens is 414 g/mol. The number of hydrogen-bond donors (Lipinski definition) is 0. The first-order valence-corrected chi connectivity index (χ1v) is 10.5. The molecular formula is C24H22F2N4O2. The molecule has 8 heteroatoms. The topological polar surface area (TPSA) is 78.6 Å². The number of hydrogen-bond acceptors (Lipinski definition) is 5. The molecule has 0 saturated heterocycles. The smallest absolute Gasteiger partial charge is 0.269 e. The van der Waals surface area contributed by atoms with Gasteiger partial charge >= 0.3 is 0 Å². The Bertz CT molecular complexity index is 1080. The lowest BCUT2D eigenvalue weighted by molar-refractivity contribution is -0.129. The molecule has 164 valence electrons. The fourth-order valence-electron chi connectivity index (χ4n) is 3.71. The predicted octanol–water partition coefficient (Wildman–Crippen LogP) is 4.78. The summed E-state index contributed by atoms with van der Waals surface area (Å²) < 4.78 is 34.5. The van der Waals surface area contributed by atoms with Gasteiger partial charge in [0.2, 0.25) is 5.88 Å². The summed E-state index contributed by atoms with van der Waals surface area (Å²) >= 11 is 0. The standard InChI is InChI=1S/C24H22F2N4O2/c1-15(3-2-10-32-22-7-4-16(13-27)14-28-22)24(31)30-21(8-9-29-30)18-11-19(25)23(17-5-6-17)20(26)12-18/h4,7,9,11-12,14,17,21H,1-3,5-6,8,10H2. The third-order valence-corrected chi connectivity index (χ3v) is 5.55. The number of nitriles is 1. The van der Waals surface area contributed by atoms with Crippen LogP contribution in [0.5, 0.6) is 5.88 Å². The van der Waals surface area contributed by atoms with E-state index in [2.05, 4.69) is 16.7 Å². The summed E-state index contributed by atoms with van der Waals surface area (Å²) in [5, 5.41) is 14.1. The van der Waals surface area contributed by atoms with E-state index >= 15 is 0 Å². The van der Waals surface area contributed by atoms with Gasteiger partial charge in [0.05, 0.1) is 18.2 Å². The van der Waals surface area contributed by atoms with E-state index < -0.39 is 17.7 Å². The minimum absolute atomic E-state index is 0.0388. The molecule has 2 heterocycles. The van der Waals surface area contributed by atoms with Gasteiger partial charge < -0.3 is 4.74 Å². The van der Waals surface area contributed by atoms with Crippen molar-refractivity contribution in [2.75, 3.05) is 6.61 Å². The quantitative estimate of drug-likeness (QED) is 0.441. The molecule has 1 saturated carbocycles. The fraction of sp³-hybridized carbons (Fsp3) is 0.333. The molecule has 32 heavy (non-hydrogen) atoms. The second kappa shape index (κ2) is 9.27. The van der Waals surface area contributed by atoms with E-state index in [1.165, 1.54) is 23.3 Å². The molecule has 1 aliphatic heterocycles. The number of pyridine rings is 1. The highest BCUT2D eigenvalue weighted by Gasteiger charge is 2.34. The third-order valence-electron chi connectivity index (χ3n) is 5.55. The molecule has 0 bridgehead atoms. The summed E-state index contributed by atoms with van der Waals surface area (Å²) in [6.45, 7) is 4.17. The third kappa shape index (κ3) is 4.67. The minimum atomic E-state index is -0.561. The molecule has 2 aromatic rings. The number of carbonyl (C=O) groups excluding carboxylic acids is 1. The lowest BCUT2D eigenvalue weighted by Gasteiger charge is -2.23. The normalized spacial score (nSPS) is 17.3. The van der Waals surface area contributed by atoms with Gasteiger partial charge in [0.15, 0.2) is 0 Å². The number of halogens is 2. The van der Waals surface area contributed by atoms with E-state index in [1.54, 1.807) is 18.3 Å². The van der Waals surface area contributed by atoms with Gasteiger partial charge in [0.1, 0.15) is 17.7 Å². The van der Waals surface area contributed by atoms with Gasteiger partial charge in [-0.05, 0) is 55.4 Å². The number of hydrazone groups is 1. The monoisotopic (exact) mass is 436 g/mol. The number of ether oxygens (including phenoxy) is 1. The molecule has 1 unspecified atom stereocenters. The SMILES string of the molecule is C=C(CCCOc1ccc(C#N)cn1)C(=O)N1N=CCC1c1cc(F)c(C2CC2)c(F)c1. The van der Waals surface area contributed by atoms with Gasteiger partial charge in [0.25, 0.3) is 5.91 Å². The number of nitrogens with zero attached hydrogens (tertiary/aromatic N) is 4. The molecule has 6 nitrogen and oxygen atoms in total. The van der Waals surface area contributed by atoms with Crippen LogP contribution >= 0.6 is 0 Å². The fourth-order valence-corrected chi connectivity index (χ4v) is 3.71. The van der Waals surface area contributed by atoms with E-state index in [1.807, 2.05) is 6.07 Å². The maximum Gasteiger partial charge on any atom is 0.269 e. The largest absolute Gasteiger partial charge is 0.478 e. The minimum Gasteiger partial charge on any atom is -0.478 e. The van der Waals surface area contributed by atoms with Crippen LogP contribution in [0.1, 0.15) is 60.8 Å². The average Bonchev–Trinajstić information content (AvgIpc) is 3.50. The highest BCUT2D eigenvalue weighted by atomic mass is 19.1. The van der Waals surface area contributed by atoms with Gasteiger partial charge in [-0.25, -0.2) is 18.8 Å². The Labute approximate surface area is 184 Å². The number of carbonyl (C=O) groups is 1. The van der Waals surface area contributed by atoms with E-state index in [-0.39, 0.29) is 17.4 Å². The van der Waals surface area contributed by atoms with Crippen molar-refractivity contribution in [1.82, 2.24) is 9.99 Å². The lowest BCUT2D eigenvalue weighted by atomic mass is 9.99. The first-order chi connectivity index (χ1) is 15.5. The van der Waals surface area contributed by atoms with Gasteiger partial charge in [-0.15, -0.1) is 0 Å². The molecule has 1 fully saturated rings. The van der Waals surface area contributed by atoms with Crippen LogP contribution in [0.2, 0.25) is 0 Å². The summed E-state index contributed by atoms with van der Waals surface area (Å²) in [6.07, 6.45) is 5.87. The van der Waals surface area contributed by atoms with Crippen LogP contribution in [-0.4, -0.2) is 28.7 Å². The van der Waals surface area contributed by atoms with Crippen LogP contribution in [0, 0.1) is 23.0 Å². The van der Waals surface area contributed by atoms with Crippen LogP contribution in [0.4, 0.5) is 8.78 Å². The number of aromatic nitrogens is 1. The van der Waals surface area contributed by atoms with Crippen LogP contribution in [0.25, 0.3) is 0 Å². The first kappa shape index (κ1) is 21.6. The van der Waals surface area contributed by atoms with Crippen molar-refractivity contribution >= 4 is 12.1 Å². The molecule has 2 aliphatic rings. The van der Waals surface area contributed by atoms with E-state index in [0.29, 0.717) is 48.4 Å². The lowest BCUT2D eigenvalue weighted by Crippen LogP contribution is -2.28. The van der Waals surface area contributed by atoms with Crippen LogP contribution < -0.4 is 4.74 Å². The Balaban J connectivity index is 1.33. The Morgan fingerprint density at radius 3 is 2.66 bits per heavy atom. The molecule has 1 amide bonds. The highest BCUT2D eigenvalue weighted by molar-refractivity contribution is 5.94. The predicted molar refractivity (Wildman–Crippen MR) is 114 cm³/mol. The summed E-state index contributed by atoms with van der Waals surface area (Å²) in [7, 11) is 0. The van der Waals surface area contributed by atoms with Crippen molar-refractivity contribution in [3.63, 3.8) is 0 Å². The van der Waals surface area contributed by atoms with Gasteiger partial charge in [0, 0.05) is 36.0 Å². The number of rotatable bonds is 8. The van der Waals surface area contributed by atoms with Crippen molar-refractivity contribution in [2.24, 2.45) is 5.10 Å². The average molecular weight is 436 g/mol. The zero-order valence-electron chi connectivity index (χ0n) is 17.4. The van der Waals surface area contributed by atoms with E-state index in [4.69, 9.17) is 10.00 Å². The Morgan fingerprint density at radius 2 is 2.03 bits per heavy atom. The molecule has 1 aromatic heterocycles. The maximum atomic E-state index is 14.5. The van der Waals surface area contributed by atoms with Gasteiger partial charge in [-0.1, -0.05) is 6.58 Å². The second-order valence-corrected chi connectivity index (χ2v) is 7.92. The van der Waals surface area contributed by atoms with Gasteiger partial charge in [-0.3, -0.25) is 4.79 Å². The zero-order valence-corrected chi connectivity index (χ0v) is 17.4. The number of benzene rings is 1. The van der Waals surface area contributed by atoms with E-state index in [0.717, 1.165) is 12.8 Å². The van der Waals surface area contributed by atoms with Crippen LogP contribution in [-0.2, 0) is 4.79 Å². The molecule has 0 N–H and O–H groups in total. The summed E-state index contributed by atoms with van der Waals surface area (Å²) in [5.41, 5.74) is 1.31. The zero-order chi connectivity index (χ0) is 22.7. The van der Waals surface area contributed by atoms with Crippen molar-refractivity contribution in [2.45, 2.75) is 44.1 Å². The summed E-state index contributed by atoms with van der Waals surface area (Å²) in [4.78, 5) is 16.9. The van der Waals surface area contributed by atoms with Crippen molar-refractivity contribution in [1.29, 1.82) is 5.26 Å². The van der Waals surface area contributed by atoms with Crippen molar-refractivity contribution in [3.05, 3.63) is 70.9 Å². The maximum absolute atomic E-state index is 14.5. The molecule has 1 aromatic carbocycles. The van der Waals surface area contributed by atoms with E-state index in [9.17, 15) is 13.6 Å². The molecule has 4 rings (SSSR count). The summed E-state index contributed by atoms with van der Waals surface area (Å²) in [6, 6.07) is 7.27. The molecule has 1 atom stereocenters. The highest BCUT2D eigenvalue weighted by Crippen LogP contribution is 2.43. The van der Waals surface area contributed by atoms with Crippen molar-refractivity contribution < 1.29 is 18.3 Å². The Kier molecular flexibility index (Phi) is 6.26.